The fraction of sp³-hybridized carbons (Fsp3) is 0.586. The Bertz CT molecular complexity index is 1120. The van der Waals surface area contributed by atoms with Crippen molar-refractivity contribution in [3.8, 4) is 0 Å². The summed E-state index contributed by atoms with van der Waals surface area (Å²) < 4.78 is 0. The first-order valence-electron chi connectivity index (χ1n) is 13.4. The number of allylic oxidation sites excluding steroid dienone is 5. The Labute approximate surface area is 217 Å². The Balaban J connectivity index is 1.47. The molecule has 5 rings (SSSR count). The smallest absolute Gasteiger partial charge is 0.259 e. The van der Waals surface area contributed by atoms with Crippen LogP contribution in [0.4, 0.5) is 0 Å². The first-order chi connectivity index (χ1) is 17.7. The van der Waals surface area contributed by atoms with Crippen LogP contribution in [0.3, 0.4) is 0 Å². The molecule has 3 aliphatic carbocycles. The molecular formula is C29H36N2O6. The molecular weight excluding hydrogens is 472 g/mol. The molecule has 8 heteroatoms. The van der Waals surface area contributed by atoms with Gasteiger partial charge < -0.3 is 20.8 Å². The van der Waals surface area contributed by atoms with E-state index in [1.165, 1.54) is 12.2 Å². The molecule has 0 aromatic carbocycles. The highest BCUT2D eigenvalue weighted by atomic mass is 16.3. The quantitative estimate of drug-likeness (QED) is 0.317. The highest BCUT2D eigenvalue weighted by Gasteiger charge is 2.53. The molecule has 0 unspecified atom stereocenters. The molecule has 0 radical (unpaired) electrons. The first kappa shape index (κ1) is 25.6. The Hall–Kier alpha value is -3.00. The van der Waals surface area contributed by atoms with E-state index in [0.717, 1.165) is 12.8 Å². The van der Waals surface area contributed by atoms with E-state index < -0.39 is 23.8 Å². The second kappa shape index (κ2) is 10.0. The average Bonchev–Trinajstić information content (AvgIpc) is 3.47. The van der Waals surface area contributed by atoms with Gasteiger partial charge in [0, 0.05) is 12.5 Å². The summed E-state index contributed by atoms with van der Waals surface area (Å²) in [5.74, 6) is 0.217. The van der Waals surface area contributed by atoms with Crippen LogP contribution >= 0.6 is 0 Å². The number of carbonyl (C=O) groups is 4. The van der Waals surface area contributed by atoms with Gasteiger partial charge in [-0.3, -0.25) is 19.2 Å². The van der Waals surface area contributed by atoms with Gasteiger partial charge in [0.25, 0.3) is 5.91 Å². The second-order valence-corrected chi connectivity index (χ2v) is 11.5. The molecule has 2 aliphatic heterocycles. The topological polar surface area (TPSA) is 133 Å². The van der Waals surface area contributed by atoms with Gasteiger partial charge in [-0.15, -0.1) is 0 Å². The van der Waals surface area contributed by atoms with Crippen molar-refractivity contribution in [2.75, 3.05) is 6.54 Å². The Morgan fingerprint density at radius 1 is 1.00 bits per heavy atom. The molecule has 37 heavy (non-hydrogen) atoms. The van der Waals surface area contributed by atoms with Crippen LogP contribution in [0, 0.1) is 47.3 Å². The van der Waals surface area contributed by atoms with Crippen LogP contribution in [0.25, 0.3) is 0 Å². The fourth-order valence-corrected chi connectivity index (χ4v) is 7.84. The van der Waals surface area contributed by atoms with Gasteiger partial charge >= 0.3 is 0 Å². The maximum absolute atomic E-state index is 12.8. The van der Waals surface area contributed by atoms with Crippen molar-refractivity contribution >= 4 is 23.4 Å². The standard InChI is InChI=1S/C29H36N2O6/c1-14-12-20-19(25(14)15(2)32)8-7-18-17-4-3-5-24(35)30-11-10-23(34)27-28(36)26(29(37)31-27)22(33)9-6-16(17)13-21(18)20/h3,5-9,14,16-21,23,25,27,33-34H,4,10-13H2,1-2H3,(H,30,35)(H,31,37)/b5-3-,9-6+,26-22-/t14-,16-,17+,18-,19-,20+,21+,23+,25+,27+/m1/s1. The fourth-order valence-electron chi connectivity index (χ4n) is 7.84. The van der Waals surface area contributed by atoms with Crippen LogP contribution in [0.15, 0.2) is 47.8 Å². The van der Waals surface area contributed by atoms with E-state index in [0.29, 0.717) is 24.2 Å². The number of amides is 2. The zero-order valence-electron chi connectivity index (χ0n) is 21.3. The molecule has 5 aliphatic rings. The number of hydrogen-bond donors (Lipinski definition) is 4. The molecule has 2 bridgehead atoms. The van der Waals surface area contributed by atoms with Gasteiger partial charge in [0.1, 0.15) is 23.2 Å². The van der Waals surface area contributed by atoms with Crippen LogP contribution in [0.2, 0.25) is 0 Å². The molecule has 0 spiro atoms. The molecule has 198 valence electrons. The first-order valence-corrected chi connectivity index (χ1v) is 13.4. The van der Waals surface area contributed by atoms with E-state index in [1.54, 1.807) is 6.92 Å². The van der Waals surface area contributed by atoms with E-state index in [1.807, 2.05) is 12.2 Å². The lowest BCUT2D eigenvalue weighted by molar-refractivity contribution is -0.123. The SMILES string of the molecule is CC(=O)[C@H]1[C@@H]2C=C[C@@H]3[C@H]4C/C=C\C(=O)NCC[C@H](O)[C@@H]5NC(=O)/C(=C(O)/C=C/[C@@H]4C[C@@H]3[C@H]2C[C@H]1C)C5=O. The van der Waals surface area contributed by atoms with Gasteiger partial charge in [0.15, 0.2) is 5.78 Å². The maximum atomic E-state index is 12.8. The average molecular weight is 509 g/mol. The maximum Gasteiger partial charge on any atom is 0.259 e. The van der Waals surface area contributed by atoms with Crippen molar-refractivity contribution < 1.29 is 29.4 Å². The van der Waals surface area contributed by atoms with Gasteiger partial charge in [0.05, 0.1) is 6.10 Å². The summed E-state index contributed by atoms with van der Waals surface area (Å²) in [6.45, 7) is 4.01. The van der Waals surface area contributed by atoms with E-state index >= 15 is 0 Å². The summed E-state index contributed by atoms with van der Waals surface area (Å²) in [5.41, 5.74) is -0.336. The summed E-state index contributed by atoms with van der Waals surface area (Å²) in [4.78, 5) is 50.1. The van der Waals surface area contributed by atoms with Crippen LogP contribution in [0.1, 0.15) is 39.5 Å². The molecule has 2 heterocycles. The number of fused-ring (bicyclic) bond motifs is 7. The predicted molar refractivity (Wildman–Crippen MR) is 136 cm³/mol. The second-order valence-electron chi connectivity index (χ2n) is 11.5. The summed E-state index contributed by atoms with van der Waals surface area (Å²) in [6.07, 6.45) is 12.7. The molecule has 1 saturated heterocycles. The normalized spacial score (nSPS) is 45.4. The lowest BCUT2D eigenvalue weighted by atomic mass is 9.69. The minimum absolute atomic E-state index is 0.0530. The Kier molecular flexibility index (Phi) is 6.96. The van der Waals surface area contributed by atoms with E-state index in [4.69, 9.17) is 0 Å². The molecule has 10 atom stereocenters. The van der Waals surface area contributed by atoms with Gasteiger partial charge in [-0.05, 0) is 86.2 Å². The van der Waals surface area contributed by atoms with E-state index in [9.17, 15) is 29.4 Å². The summed E-state index contributed by atoms with van der Waals surface area (Å²) in [5, 5.41) is 26.3. The van der Waals surface area contributed by atoms with Crippen molar-refractivity contribution in [3.05, 3.63) is 47.8 Å². The number of aliphatic hydroxyl groups is 2. The molecule has 3 fully saturated rings. The van der Waals surface area contributed by atoms with Crippen LogP contribution in [-0.4, -0.2) is 52.3 Å². The third kappa shape index (κ3) is 4.60. The molecule has 2 amide bonds. The van der Waals surface area contributed by atoms with Gasteiger partial charge in [-0.25, -0.2) is 0 Å². The Morgan fingerprint density at radius 2 is 1.73 bits per heavy atom. The van der Waals surface area contributed by atoms with E-state index in [2.05, 4.69) is 29.7 Å². The summed E-state index contributed by atoms with van der Waals surface area (Å²) in [6, 6.07) is -1.15. The Morgan fingerprint density at radius 3 is 2.49 bits per heavy atom. The number of hydrogen-bond acceptors (Lipinski definition) is 6. The highest BCUT2D eigenvalue weighted by molar-refractivity contribution is 6.27. The van der Waals surface area contributed by atoms with Crippen molar-refractivity contribution in [1.82, 2.24) is 10.6 Å². The molecule has 4 N–H and O–H groups in total. The van der Waals surface area contributed by atoms with Gasteiger partial charge in [0.2, 0.25) is 5.91 Å². The van der Waals surface area contributed by atoms with Gasteiger partial charge in [-0.1, -0.05) is 31.2 Å². The van der Waals surface area contributed by atoms with Crippen LogP contribution in [-0.2, 0) is 19.2 Å². The number of nitrogens with one attached hydrogen (secondary N) is 2. The predicted octanol–water partition coefficient (Wildman–Crippen LogP) is 2.16. The van der Waals surface area contributed by atoms with Crippen molar-refractivity contribution in [3.63, 3.8) is 0 Å². The number of ketones is 2. The largest absolute Gasteiger partial charge is 0.507 e. The van der Waals surface area contributed by atoms with Crippen molar-refractivity contribution in [2.24, 2.45) is 47.3 Å². The lowest BCUT2D eigenvalue weighted by Gasteiger charge is -2.35. The minimum atomic E-state index is -1.18. The molecule has 8 nitrogen and oxygen atoms in total. The monoisotopic (exact) mass is 508 g/mol. The molecule has 0 aromatic heterocycles. The molecule has 0 aromatic rings. The zero-order chi connectivity index (χ0) is 26.4. The summed E-state index contributed by atoms with van der Waals surface area (Å²) >= 11 is 0. The number of aliphatic hydroxyl groups excluding tert-OH is 2. The van der Waals surface area contributed by atoms with E-state index in [-0.39, 0.29) is 65.6 Å². The third-order valence-corrected chi connectivity index (χ3v) is 9.43. The van der Waals surface area contributed by atoms with Gasteiger partial charge in [-0.2, -0.15) is 0 Å². The summed E-state index contributed by atoms with van der Waals surface area (Å²) in [7, 11) is 0. The molecule has 2 saturated carbocycles. The highest BCUT2D eigenvalue weighted by Crippen LogP contribution is 2.58. The van der Waals surface area contributed by atoms with Crippen molar-refractivity contribution in [1.29, 1.82) is 0 Å². The van der Waals surface area contributed by atoms with Crippen LogP contribution < -0.4 is 10.6 Å². The minimum Gasteiger partial charge on any atom is -0.507 e. The number of carbonyl (C=O) groups excluding carboxylic acids is 4. The zero-order valence-corrected chi connectivity index (χ0v) is 21.3. The lowest BCUT2D eigenvalue weighted by Crippen LogP contribution is -2.42. The van der Waals surface area contributed by atoms with Crippen molar-refractivity contribution in [2.45, 2.75) is 51.7 Å². The third-order valence-electron chi connectivity index (χ3n) is 9.43. The van der Waals surface area contributed by atoms with Crippen LogP contribution in [0.5, 0.6) is 0 Å². The number of rotatable bonds is 1. The number of Topliss-reactive ketones (excluding diaryl/α,β-unsaturated/α-hetero) is 2.